The van der Waals surface area contributed by atoms with E-state index in [-0.39, 0.29) is 12.3 Å². The monoisotopic (exact) mass is 342 g/mol. The fraction of sp³-hybridized carbons (Fsp3) is 0.0667. The molecule has 0 amide bonds. The molecule has 0 bridgehead atoms. The molecule has 104 valence electrons. The van der Waals surface area contributed by atoms with Crippen LogP contribution in [0.4, 0.5) is 0 Å². The zero-order valence-corrected chi connectivity index (χ0v) is 12.6. The van der Waals surface area contributed by atoms with Gasteiger partial charge in [0.15, 0.2) is 5.78 Å². The number of benzene rings is 2. The molecular formula is C15H11BrN4O. The molecule has 0 radical (unpaired) electrons. The molecule has 0 saturated heterocycles. The minimum atomic E-state index is -0.0460. The highest BCUT2D eigenvalue weighted by atomic mass is 79.9. The van der Waals surface area contributed by atoms with Gasteiger partial charge >= 0.3 is 0 Å². The Hall–Kier alpha value is -2.34. The first-order chi connectivity index (χ1) is 10.2. The molecule has 1 heterocycles. The third-order valence-corrected chi connectivity index (χ3v) is 3.46. The van der Waals surface area contributed by atoms with Gasteiger partial charge in [0.2, 0.25) is 5.82 Å². The molecule has 0 N–H and O–H groups in total. The zero-order valence-electron chi connectivity index (χ0n) is 11.0. The zero-order chi connectivity index (χ0) is 14.7. The molecule has 0 aliphatic heterocycles. The van der Waals surface area contributed by atoms with Crippen LogP contribution in [0.2, 0.25) is 0 Å². The van der Waals surface area contributed by atoms with Crippen molar-refractivity contribution in [3.8, 4) is 11.4 Å². The van der Waals surface area contributed by atoms with Gasteiger partial charge in [-0.05, 0) is 29.5 Å². The Kier molecular flexibility index (Phi) is 3.87. The number of Topliss-reactive ketones (excluding diaryl/α,β-unsaturated/α-hetero) is 1. The van der Waals surface area contributed by atoms with E-state index in [0.29, 0.717) is 11.4 Å². The fourth-order valence-corrected chi connectivity index (χ4v) is 2.13. The number of tetrazole rings is 1. The second-order valence-electron chi connectivity index (χ2n) is 4.44. The summed E-state index contributed by atoms with van der Waals surface area (Å²) in [4.78, 5) is 13.4. The maximum atomic E-state index is 12.1. The summed E-state index contributed by atoms with van der Waals surface area (Å²) in [5, 5.41) is 12.1. The number of ketones is 1. The van der Waals surface area contributed by atoms with Crippen molar-refractivity contribution >= 4 is 21.7 Å². The first-order valence-corrected chi connectivity index (χ1v) is 7.14. The molecule has 0 atom stereocenters. The Morgan fingerprint density at radius 3 is 2.48 bits per heavy atom. The van der Waals surface area contributed by atoms with Gasteiger partial charge in [0.25, 0.3) is 0 Å². The topological polar surface area (TPSA) is 60.7 Å². The van der Waals surface area contributed by atoms with Crippen molar-refractivity contribution in [1.82, 2.24) is 20.2 Å². The van der Waals surface area contributed by atoms with Crippen molar-refractivity contribution in [3.63, 3.8) is 0 Å². The molecule has 0 fully saturated rings. The Labute approximate surface area is 129 Å². The molecule has 5 nitrogen and oxygen atoms in total. The minimum Gasteiger partial charge on any atom is -0.292 e. The Bertz CT molecular complexity index is 753. The summed E-state index contributed by atoms with van der Waals surface area (Å²) in [5.41, 5.74) is 1.50. The van der Waals surface area contributed by atoms with Crippen LogP contribution in [0.15, 0.2) is 59.1 Å². The standard InChI is InChI=1S/C15H11BrN4O/c16-13-8-6-12(7-9-13)15-17-19-20(18-15)10-14(21)11-4-2-1-3-5-11/h1-9H,10H2. The lowest BCUT2D eigenvalue weighted by Gasteiger charge is -1.99. The van der Waals surface area contributed by atoms with Crippen LogP contribution in [0, 0.1) is 0 Å². The van der Waals surface area contributed by atoms with Crippen molar-refractivity contribution in [2.75, 3.05) is 0 Å². The Balaban J connectivity index is 1.76. The van der Waals surface area contributed by atoms with E-state index >= 15 is 0 Å². The van der Waals surface area contributed by atoms with Crippen LogP contribution in [0.1, 0.15) is 10.4 Å². The summed E-state index contributed by atoms with van der Waals surface area (Å²) in [7, 11) is 0. The number of aromatic nitrogens is 4. The minimum absolute atomic E-state index is 0.0460. The average molecular weight is 343 g/mol. The van der Waals surface area contributed by atoms with E-state index in [4.69, 9.17) is 0 Å². The van der Waals surface area contributed by atoms with Crippen molar-refractivity contribution in [2.45, 2.75) is 6.54 Å². The van der Waals surface area contributed by atoms with Crippen LogP contribution >= 0.6 is 15.9 Å². The van der Waals surface area contributed by atoms with E-state index in [2.05, 4.69) is 31.3 Å². The predicted octanol–water partition coefficient (Wildman–Crippen LogP) is 2.99. The van der Waals surface area contributed by atoms with E-state index in [1.54, 1.807) is 12.1 Å². The van der Waals surface area contributed by atoms with Gasteiger partial charge in [0.05, 0.1) is 0 Å². The summed E-state index contributed by atoms with van der Waals surface area (Å²) >= 11 is 3.38. The van der Waals surface area contributed by atoms with Crippen molar-refractivity contribution in [2.24, 2.45) is 0 Å². The summed E-state index contributed by atoms with van der Waals surface area (Å²) in [5.74, 6) is 0.457. The highest BCUT2D eigenvalue weighted by Crippen LogP contribution is 2.17. The summed E-state index contributed by atoms with van der Waals surface area (Å²) in [6, 6.07) is 16.7. The Morgan fingerprint density at radius 2 is 1.76 bits per heavy atom. The van der Waals surface area contributed by atoms with E-state index < -0.39 is 0 Å². The van der Waals surface area contributed by atoms with Gasteiger partial charge in [0.1, 0.15) is 6.54 Å². The third-order valence-electron chi connectivity index (χ3n) is 2.94. The normalized spacial score (nSPS) is 10.5. The lowest BCUT2D eigenvalue weighted by molar-refractivity contribution is 0.0961. The highest BCUT2D eigenvalue weighted by molar-refractivity contribution is 9.10. The number of nitrogens with zero attached hydrogens (tertiary/aromatic N) is 4. The number of rotatable bonds is 4. The molecule has 1 aromatic heterocycles. The van der Waals surface area contributed by atoms with Gasteiger partial charge in [0, 0.05) is 15.6 Å². The van der Waals surface area contributed by atoms with Gasteiger partial charge in [-0.2, -0.15) is 4.80 Å². The molecule has 0 aliphatic carbocycles. The number of hydrogen-bond acceptors (Lipinski definition) is 4. The maximum absolute atomic E-state index is 12.1. The van der Waals surface area contributed by atoms with E-state index in [1.807, 2.05) is 42.5 Å². The molecule has 2 aromatic carbocycles. The van der Waals surface area contributed by atoms with Crippen LogP contribution in [-0.4, -0.2) is 26.0 Å². The maximum Gasteiger partial charge on any atom is 0.204 e. The second kappa shape index (κ2) is 5.97. The quantitative estimate of drug-likeness (QED) is 0.684. The lowest BCUT2D eigenvalue weighted by atomic mass is 10.1. The summed E-state index contributed by atoms with van der Waals surface area (Å²) in [6.07, 6.45) is 0. The number of halogens is 1. The SMILES string of the molecule is O=C(Cn1nnc(-c2ccc(Br)cc2)n1)c1ccccc1. The first kappa shape index (κ1) is 13.6. The molecule has 0 unspecified atom stereocenters. The highest BCUT2D eigenvalue weighted by Gasteiger charge is 2.10. The second-order valence-corrected chi connectivity index (χ2v) is 5.36. The predicted molar refractivity (Wildman–Crippen MR) is 81.7 cm³/mol. The smallest absolute Gasteiger partial charge is 0.204 e. The van der Waals surface area contributed by atoms with Gasteiger partial charge in [-0.1, -0.05) is 46.3 Å². The van der Waals surface area contributed by atoms with E-state index in [1.165, 1.54) is 4.80 Å². The van der Waals surface area contributed by atoms with Gasteiger partial charge in [-0.3, -0.25) is 4.79 Å². The molecule has 3 aromatic rings. The van der Waals surface area contributed by atoms with Crippen molar-refractivity contribution in [3.05, 3.63) is 64.6 Å². The van der Waals surface area contributed by atoms with E-state index in [0.717, 1.165) is 10.0 Å². The molecule has 0 aliphatic rings. The number of hydrogen-bond donors (Lipinski definition) is 0. The Morgan fingerprint density at radius 1 is 1.05 bits per heavy atom. The molecule has 21 heavy (non-hydrogen) atoms. The van der Waals surface area contributed by atoms with Crippen molar-refractivity contribution < 1.29 is 4.79 Å². The molecule has 0 spiro atoms. The molecule has 0 saturated carbocycles. The van der Waals surface area contributed by atoms with Crippen LogP contribution in [0.3, 0.4) is 0 Å². The first-order valence-electron chi connectivity index (χ1n) is 6.34. The number of carbonyl (C=O) groups excluding carboxylic acids is 1. The summed E-state index contributed by atoms with van der Waals surface area (Å²) in [6.45, 7) is 0.0769. The van der Waals surface area contributed by atoms with Crippen molar-refractivity contribution in [1.29, 1.82) is 0 Å². The van der Waals surface area contributed by atoms with Crippen LogP contribution in [-0.2, 0) is 6.54 Å². The third kappa shape index (κ3) is 3.22. The van der Waals surface area contributed by atoms with Crippen LogP contribution in [0.5, 0.6) is 0 Å². The van der Waals surface area contributed by atoms with Gasteiger partial charge in [-0.15, -0.1) is 10.2 Å². The molecular weight excluding hydrogens is 332 g/mol. The lowest BCUT2D eigenvalue weighted by Crippen LogP contribution is -2.13. The molecule has 6 heteroatoms. The largest absolute Gasteiger partial charge is 0.292 e. The fourth-order valence-electron chi connectivity index (χ4n) is 1.87. The van der Waals surface area contributed by atoms with Crippen LogP contribution in [0.25, 0.3) is 11.4 Å². The van der Waals surface area contributed by atoms with Gasteiger partial charge in [-0.25, -0.2) is 0 Å². The molecule has 3 rings (SSSR count). The van der Waals surface area contributed by atoms with Crippen LogP contribution < -0.4 is 0 Å². The average Bonchev–Trinajstić information content (AvgIpc) is 2.97. The number of carbonyl (C=O) groups is 1. The van der Waals surface area contributed by atoms with Gasteiger partial charge < -0.3 is 0 Å². The van der Waals surface area contributed by atoms with E-state index in [9.17, 15) is 4.79 Å². The summed E-state index contributed by atoms with van der Waals surface area (Å²) < 4.78 is 0.984.